The maximum absolute atomic E-state index is 13.1. The molecule has 0 radical (unpaired) electrons. The van der Waals surface area contributed by atoms with Crippen molar-refractivity contribution in [3.05, 3.63) is 95.2 Å². The first kappa shape index (κ1) is 18.6. The lowest BCUT2D eigenvalue weighted by Crippen LogP contribution is -2.48. The number of fused-ring (bicyclic) bond motifs is 1. The van der Waals surface area contributed by atoms with Gasteiger partial charge in [-0.15, -0.1) is 0 Å². The van der Waals surface area contributed by atoms with Crippen molar-refractivity contribution in [3.63, 3.8) is 0 Å². The Morgan fingerprint density at radius 3 is 2.28 bits per heavy atom. The van der Waals surface area contributed by atoms with Gasteiger partial charge in [-0.2, -0.15) is 0 Å². The van der Waals surface area contributed by atoms with E-state index in [2.05, 4.69) is 10.3 Å². The van der Waals surface area contributed by atoms with Crippen LogP contribution in [0.15, 0.2) is 72.9 Å². The molecule has 1 atom stereocenters. The fourth-order valence-electron chi connectivity index (χ4n) is 3.50. The smallest absolute Gasteiger partial charge is 0.262 e. The first-order chi connectivity index (χ1) is 14.0. The lowest BCUT2D eigenvalue weighted by atomic mass is 10.0. The third kappa shape index (κ3) is 3.65. The van der Waals surface area contributed by atoms with E-state index in [1.807, 2.05) is 31.2 Å². The number of amides is 3. The van der Waals surface area contributed by atoms with Crippen LogP contribution in [0.25, 0.3) is 0 Å². The topological polar surface area (TPSA) is 79.4 Å². The number of hydrogen-bond donors (Lipinski definition) is 1. The van der Waals surface area contributed by atoms with Crippen LogP contribution in [0.1, 0.15) is 31.8 Å². The molecular formula is C23H19N3O3. The molecule has 1 aliphatic heterocycles. The van der Waals surface area contributed by atoms with E-state index in [9.17, 15) is 14.4 Å². The Hall–Kier alpha value is -3.80. The van der Waals surface area contributed by atoms with Crippen molar-refractivity contribution in [3.8, 4) is 0 Å². The zero-order valence-corrected chi connectivity index (χ0v) is 15.8. The van der Waals surface area contributed by atoms with Crippen LogP contribution < -0.4 is 5.32 Å². The molecule has 3 amide bonds. The second-order valence-corrected chi connectivity index (χ2v) is 6.94. The van der Waals surface area contributed by atoms with Gasteiger partial charge in [0.2, 0.25) is 5.91 Å². The highest BCUT2D eigenvalue weighted by Crippen LogP contribution is 2.26. The Morgan fingerprint density at radius 2 is 1.66 bits per heavy atom. The fourth-order valence-corrected chi connectivity index (χ4v) is 3.50. The third-order valence-electron chi connectivity index (χ3n) is 4.87. The highest BCUT2D eigenvalue weighted by molar-refractivity contribution is 6.23. The number of nitrogens with zero attached hydrogens (tertiary/aromatic N) is 2. The summed E-state index contributed by atoms with van der Waals surface area (Å²) in [6.45, 7) is 1.95. The summed E-state index contributed by atoms with van der Waals surface area (Å²) in [4.78, 5) is 44.2. The summed E-state index contributed by atoms with van der Waals surface area (Å²) in [6, 6.07) is 18.4. The van der Waals surface area contributed by atoms with E-state index in [4.69, 9.17) is 0 Å². The number of anilines is 1. The summed E-state index contributed by atoms with van der Waals surface area (Å²) in [5.74, 6) is -1.01. The molecule has 0 bridgehead atoms. The maximum Gasteiger partial charge on any atom is 0.262 e. The highest BCUT2D eigenvalue weighted by atomic mass is 16.2. The first-order valence-corrected chi connectivity index (χ1v) is 9.29. The van der Waals surface area contributed by atoms with Crippen molar-refractivity contribution in [1.82, 2.24) is 9.88 Å². The number of benzene rings is 2. The molecule has 1 aliphatic rings. The van der Waals surface area contributed by atoms with E-state index in [1.165, 1.54) is 0 Å². The number of aryl methyl sites for hydroxylation is 1. The van der Waals surface area contributed by atoms with E-state index >= 15 is 0 Å². The minimum absolute atomic E-state index is 0.214. The van der Waals surface area contributed by atoms with Crippen molar-refractivity contribution in [2.24, 2.45) is 0 Å². The number of aromatic nitrogens is 1. The number of hydrogen-bond acceptors (Lipinski definition) is 4. The van der Waals surface area contributed by atoms with Crippen molar-refractivity contribution in [2.45, 2.75) is 19.4 Å². The SMILES string of the molecule is Cc1cccc(CC(C(=O)Nc2ccccn2)N2C(=O)c3ccccc3C2=O)c1. The zero-order chi connectivity index (χ0) is 20.4. The minimum Gasteiger partial charge on any atom is -0.309 e. The van der Waals surface area contributed by atoms with Crippen molar-refractivity contribution in [2.75, 3.05) is 5.32 Å². The third-order valence-corrected chi connectivity index (χ3v) is 4.87. The van der Waals surface area contributed by atoms with E-state index in [0.717, 1.165) is 16.0 Å². The first-order valence-electron chi connectivity index (χ1n) is 9.29. The van der Waals surface area contributed by atoms with Gasteiger partial charge in [-0.05, 0) is 36.8 Å². The Bertz CT molecular complexity index is 1060. The molecular weight excluding hydrogens is 366 g/mol. The molecule has 6 heteroatoms. The molecule has 2 aromatic carbocycles. The number of carbonyl (C=O) groups is 3. The molecule has 1 unspecified atom stereocenters. The Morgan fingerprint density at radius 1 is 0.966 bits per heavy atom. The van der Waals surface area contributed by atoms with Gasteiger partial charge in [0.15, 0.2) is 0 Å². The van der Waals surface area contributed by atoms with Gasteiger partial charge in [0.25, 0.3) is 11.8 Å². The maximum atomic E-state index is 13.1. The van der Waals surface area contributed by atoms with E-state index < -0.39 is 23.8 Å². The molecule has 6 nitrogen and oxygen atoms in total. The van der Waals surface area contributed by atoms with Crippen molar-refractivity contribution < 1.29 is 14.4 Å². The predicted octanol–water partition coefficient (Wildman–Crippen LogP) is 3.24. The van der Waals surface area contributed by atoms with E-state index in [0.29, 0.717) is 16.9 Å². The number of pyridine rings is 1. The molecule has 144 valence electrons. The van der Waals surface area contributed by atoms with Crippen LogP contribution in [0.4, 0.5) is 5.82 Å². The standard InChI is InChI=1S/C23H19N3O3/c1-15-7-6-8-16(13-15)14-19(21(27)25-20-11-4-5-12-24-20)26-22(28)17-9-2-3-10-18(17)23(26)29/h2-13,19H,14H2,1H3,(H,24,25,27). The molecule has 0 fully saturated rings. The number of imide groups is 1. The van der Waals surface area contributed by atoms with Gasteiger partial charge in [-0.3, -0.25) is 19.3 Å². The molecule has 0 saturated heterocycles. The van der Waals surface area contributed by atoms with Gasteiger partial charge in [0.1, 0.15) is 11.9 Å². The average Bonchev–Trinajstić information content (AvgIpc) is 2.98. The highest BCUT2D eigenvalue weighted by Gasteiger charge is 2.42. The summed E-state index contributed by atoms with van der Waals surface area (Å²) >= 11 is 0. The largest absolute Gasteiger partial charge is 0.309 e. The van der Waals surface area contributed by atoms with Gasteiger partial charge in [0, 0.05) is 12.6 Å². The van der Waals surface area contributed by atoms with Gasteiger partial charge in [-0.25, -0.2) is 4.98 Å². The molecule has 3 aromatic rings. The Kier molecular flexibility index (Phi) is 4.91. The lowest BCUT2D eigenvalue weighted by molar-refractivity contribution is -0.120. The van der Waals surface area contributed by atoms with Gasteiger partial charge in [-0.1, -0.05) is 48.0 Å². The second kappa shape index (κ2) is 7.67. The predicted molar refractivity (Wildman–Crippen MR) is 108 cm³/mol. The number of rotatable bonds is 5. The quantitative estimate of drug-likeness (QED) is 0.684. The van der Waals surface area contributed by atoms with Crippen LogP contribution in [-0.4, -0.2) is 33.6 Å². The Labute approximate surface area is 168 Å². The van der Waals surface area contributed by atoms with Gasteiger partial charge >= 0.3 is 0 Å². The monoisotopic (exact) mass is 385 g/mol. The van der Waals surface area contributed by atoms with Crippen molar-refractivity contribution >= 4 is 23.5 Å². The molecule has 4 rings (SSSR count). The summed E-state index contributed by atoms with van der Waals surface area (Å²) in [5.41, 5.74) is 2.53. The summed E-state index contributed by atoms with van der Waals surface area (Å²) in [7, 11) is 0. The normalized spacial score (nSPS) is 13.9. The molecule has 0 saturated carbocycles. The molecule has 0 spiro atoms. The number of carbonyl (C=O) groups excluding carboxylic acids is 3. The van der Waals surface area contributed by atoms with Crippen molar-refractivity contribution in [1.29, 1.82) is 0 Å². The molecule has 0 aliphatic carbocycles. The minimum atomic E-state index is -0.994. The lowest BCUT2D eigenvalue weighted by Gasteiger charge is -2.25. The van der Waals surface area contributed by atoms with Gasteiger partial charge in [0.05, 0.1) is 11.1 Å². The van der Waals surface area contributed by atoms with Crippen LogP contribution in [0.2, 0.25) is 0 Å². The molecule has 1 aromatic heterocycles. The fraction of sp³-hybridized carbons (Fsp3) is 0.130. The van der Waals surface area contributed by atoms with E-state index in [-0.39, 0.29) is 6.42 Å². The molecule has 1 N–H and O–H groups in total. The second-order valence-electron chi connectivity index (χ2n) is 6.94. The van der Waals surface area contributed by atoms with Crippen LogP contribution in [0.3, 0.4) is 0 Å². The van der Waals surface area contributed by atoms with Crippen LogP contribution in [0, 0.1) is 6.92 Å². The average molecular weight is 385 g/mol. The van der Waals surface area contributed by atoms with Crippen LogP contribution in [0.5, 0.6) is 0 Å². The van der Waals surface area contributed by atoms with E-state index in [1.54, 1.807) is 48.7 Å². The summed E-state index contributed by atoms with van der Waals surface area (Å²) < 4.78 is 0. The molecule has 2 heterocycles. The van der Waals surface area contributed by atoms with Crippen LogP contribution >= 0.6 is 0 Å². The molecule has 29 heavy (non-hydrogen) atoms. The summed E-state index contributed by atoms with van der Waals surface area (Å²) in [5, 5.41) is 2.73. The zero-order valence-electron chi connectivity index (χ0n) is 15.8. The summed E-state index contributed by atoms with van der Waals surface area (Å²) in [6.07, 6.45) is 1.78. The van der Waals surface area contributed by atoms with Crippen LogP contribution in [-0.2, 0) is 11.2 Å². The number of nitrogens with one attached hydrogen (secondary N) is 1. The van der Waals surface area contributed by atoms with Gasteiger partial charge < -0.3 is 5.32 Å². The Balaban J connectivity index is 1.69.